The fourth-order valence-corrected chi connectivity index (χ4v) is 4.68. The Morgan fingerprint density at radius 1 is 1.19 bits per heavy atom. The summed E-state index contributed by atoms with van der Waals surface area (Å²) < 4.78 is 17.6. The van der Waals surface area contributed by atoms with Crippen LogP contribution in [0.5, 0.6) is 5.75 Å². The lowest BCUT2D eigenvalue weighted by Gasteiger charge is -2.41. The number of ether oxygens (including phenoxy) is 2. The number of rotatable bonds is 5. The molecule has 0 atom stereocenters. The van der Waals surface area contributed by atoms with E-state index in [0.717, 1.165) is 48.8 Å². The zero-order chi connectivity index (χ0) is 21.8. The van der Waals surface area contributed by atoms with Crippen LogP contribution in [0.3, 0.4) is 0 Å². The molecule has 166 valence electrons. The molecule has 1 aromatic carbocycles. The minimum Gasteiger partial charge on any atom is -0.487 e. The largest absolute Gasteiger partial charge is 0.487 e. The zero-order valence-corrected chi connectivity index (χ0v) is 18.8. The van der Waals surface area contributed by atoms with Gasteiger partial charge in [-0.3, -0.25) is 5.43 Å². The van der Waals surface area contributed by atoms with Crippen LogP contribution in [0.2, 0.25) is 0 Å². The van der Waals surface area contributed by atoms with Crippen molar-refractivity contribution >= 4 is 16.9 Å². The molecule has 4 rings (SSSR count). The minimum absolute atomic E-state index is 0.00502. The maximum absolute atomic E-state index is 11.6. The first kappa shape index (κ1) is 21.5. The normalized spacial score (nSPS) is 18.5. The summed E-state index contributed by atoms with van der Waals surface area (Å²) in [5, 5.41) is 5.45. The summed E-state index contributed by atoms with van der Waals surface area (Å²) in [4.78, 5) is 11.6. The topological polar surface area (TPSA) is 73.1 Å². The molecule has 6 nitrogen and oxygen atoms in total. The van der Waals surface area contributed by atoms with E-state index in [9.17, 15) is 4.79 Å². The molecule has 1 N–H and O–H groups in total. The lowest BCUT2D eigenvalue weighted by atomic mass is 9.79. The third kappa shape index (κ3) is 4.78. The smallest absolute Gasteiger partial charge is 0.332 e. The summed E-state index contributed by atoms with van der Waals surface area (Å²) >= 11 is 0. The van der Waals surface area contributed by atoms with Crippen LogP contribution in [0.25, 0.3) is 11.0 Å². The summed E-state index contributed by atoms with van der Waals surface area (Å²) in [7, 11) is 0. The maximum Gasteiger partial charge on any atom is 0.332 e. The fraction of sp³-hybridized carbons (Fsp3) is 0.520. The molecule has 2 aliphatic rings. The van der Waals surface area contributed by atoms with Crippen LogP contribution in [0.15, 0.2) is 39.5 Å². The first-order valence-corrected chi connectivity index (χ1v) is 11.5. The molecule has 2 aromatic rings. The number of carbonyl (C=O) groups is 1. The van der Waals surface area contributed by atoms with Gasteiger partial charge in [0.05, 0.1) is 6.61 Å². The number of hydrogen-bond acceptors (Lipinski definition) is 6. The monoisotopic (exact) mass is 424 g/mol. The van der Waals surface area contributed by atoms with Gasteiger partial charge in [-0.1, -0.05) is 13.3 Å². The Morgan fingerprint density at radius 3 is 2.74 bits per heavy atom. The standard InChI is InChI=1S/C25H32N2O4/c1-4-18-15-23(27-26-17(3)13-24(28)29-5-2)30-22-16-21-19(14-20(18)22)9-12-25(31-21)10-7-6-8-11-25/h13-16,26H,4-12H2,1-3H3/b17-13+,27-23+. The van der Waals surface area contributed by atoms with Crippen LogP contribution in [0.4, 0.5) is 0 Å². The Balaban J connectivity index is 1.66. The van der Waals surface area contributed by atoms with Crippen LogP contribution < -0.4 is 15.7 Å². The molecule has 0 bridgehead atoms. The molecule has 1 saturated carbocycles. The van der Waals surface area contributed by atoms with Gasteiger partial charge in [-0.25, -0.2) is 4.79 Å². The third-order valence-corrected chi connectivity index (χ3v) is 6.31. The predicted molar refractivity (Wildman–Crippen MR) is 119 cm³/mol. The van der Waals surface area contributed by atoms with Crippen molar-refractivity contribution in [3.63, 3.8) is 0 Å². The lowest BCUT2D eigenvalue weighted by Crippen LogP contribution is -2.41. The molecule has 2 heterocycles. The number of hydrogen-bond donors (Lipinski definition) is 1. The van der Waals surface area contributed by atoms with Crippen LogP contribution in [-0.4, -0.2) is 18.2 Å². The van der Waals surface area contributed by atoms with Crippen molar-refractivity contribution in [3.05, 3.63) is 46.7 Å². The maximum atomic E-state index is 11.6. The molecule has 0 unspecified atom stereocenters. The van der Waals surface area contributed by atoms with E-state index in [1.165, 1.54) is 36.5 Å². The first-order chi connectivity index (χ1) is 15.0. The van der Waals surface area contributed by atoms with E-state index in [4.69, 9.17) is 13.9 Å². The molecule has 0 radical (unpaired) electrons. The number of nitrogens with zero attached hydrogens (tertiary/aromatic N) is 1. The summed E-state index contributed by atoms with van der Waals surface area (Å²) in [6, 6.07) is 6.22. The second-order valence-electron chi connectivity index (χ2n) is 8.57. The van der Waals surface area contributed by atoms with Crippen molar-refractivity contribution in [1.29, 1.82) is 0 Å². The van der Waals surface area contributed by atoms with Gasteiger partial charge in [0, 0.05) is 29.3 Å². The molecular formula is C25H32N2O4. The van der Waals surface area contributed by atoms with E-state index >= 15 is 0 Å². The van der Waals surface area contributed by atoms with Gasteiger partial charge in [0.25, 0.3) is 0 Å². The van der Waals surface area contributed by atoms with Gasteiger partial charge in [-0.05, 0) is 76.0 Å². The van der Waals surface area contributed by atoms with Gasteiger partial charge in [0.1, 0.15) is 16.9 Å². The quantitative estimate of drug-likeness (QED) is 0.420. The summed E-state index contributed by atoms with van der Waals surface area (Å²) in [6.07, 6.45) is 10.5. The Morgan fingerprint density at radius 2 is 2.00 bits per heavy atom. The number of esters is 1. The molecule has 1 aromatic heterocycles. The van der Waals surface area contributed by atoms with E-state index in [-0.39, 0.29) is 5.60 Å². The molecule has 1 aliphatic heterocycles. The molecule has 1 aliphatic carbocycles. The summed E-state index contributed by atoms with van der Waals surface area (Å²) in [6.45, 7) is 6.01. The molecule has 0 saturated heterocycles. The van der Waals surface area contributed by atoms with Crippen LogP contribution >= 0.6 is 0 Å². The molecule has 31 heavy (non-hydrogen) atoms. The highest BCUT2D eigenvalue weighted by atomic mass is 16.5. The molecule has 1 spiro atoms. The Kier molecular flexibility index (Phi) is 6.35. The number of carbonyl (C=O) groups excluding carboxylic acids is 1. The van der Waals surface area contributed by atoms with E-state index in [2.05, 4.69) is 23.5 Å². The van der Waals surface area contributed by atoms with E-state index < -0.39 is 5.97 Å². The van der Waals surface area contributed by atoms with E-state index in [0.29, 0.717) is 17.9 Å². The van der Waals surface area contributed by atoms with Crippen molar-refractivity contribution in [2.75, 3.05) is 6.61 Å². The molecule has 6 heteroatoms. The SMILES string of the molecule is CCOC(=O)/C=C(\C)N/N=c1\cc(CC)c2cc3c(cc2o1)OC1(CCCCC1)CC3. The molecule has 0 amide bonds. The lowest BCUT2D eigenvalue weighted by molar-refractivity contribution is -0.137. The van der Waals surface area contributed by atoms with Crippen LogP contribution in [-0.2, 0) is 22.4 Å². The van der Waals surface area contributed by atoms with E-state index in [1.54, 1.807) is 13.8 Å². The highest BCUT2D eigenvalue weighted by Gasteiger charge is 2.37. The highest BCUT2D eigenvalue weighted by Crippen LogP contribution is 2.43. The third-order valence-electron chi connectivity index (χ3n) is 6.31. The second kappa shape index (κ2) is 9.16. The van der Waals surface area contributed by atoms with Crippen LogP contribution in [0.1, 0.15) is 70.4 Å². The van der Waals surface area contributed by atoms with Crippen molar-refractivity contribution < 1.29 is 18.7 Å². The van der Waals surface area contributed by atoms with Gasteiger partial charge >= 0.3 is 5.97 Å². The summed E-state index contributed by atoms with van der Waals surface area (Å²) in [5.41, 5.74) is 7.14. The number of nitrogens with one attached hydrogen (secondary N) is 1. The number of fused-ring (bicyclic) bond motifs is 2. The first-order valence-electron chi connectivity index (χ1n) is 11.5. The summed E-state index contributed by atoms with van der Waals surface area (Å²) in [5.74, 6) is 0.558. The highest BCUT2D eigenvalue weighted by molar-refractivity contribution is 5.83. The molecular weight excluding hydrogens is 392 g/mol. The van der Waals surface area contributed by atoms with Crippen molar-refractivity contribution in [1.82, 2.24) is 5.43 Å². The van der Waals surface area contributed by atoms with Crippen molar-refractivity contribution in [2.45, 2.75) is 77.7 Å². The van der Waals surface area contributed by atoms with Gasteiger partial charge in [0.2, 0.25) is 5.55 Å². The fourth-order valence-electron chi connectivity index (χ4n) is 4.68. The van der Waals surface area contributed by atoms with Gasteiger partial charge in [0.15, 0.2) is 0 Å². The Hall–Kier alpha value is -2.76. The van der Waals surface area contributed by atoms with Gasteiger partial charge in [-0.2, -0.15) is 0 Å². The van der Waals surface area contributed by atoms with Crippen molar-refractivity contribution in [2.24, 2.45) is 5.10 Å². The molecule has 1 fully saturated rings. The van der Waals surface area contributed by atoms with Crippen molar-refractivity contribution in [3.8, 4) is 5.75 Å². The number of benzene rings is 1. The Bertz CT molecular complexity index is 1060. The Labute approximate surface area is 183 Å². The zero-order valence-electron chi connectivity index (χ0n) is 18.8. The van der Waals surface area contributed by atoms with E-state index in [1.807, 2.05) is 12.1 Å². The van der Waals surface area contributed by atoms with Crippen LogP contribution in [0, 0.1) is 0 Å². The van der Waals surface area contributed by atoms with Gasteiger partial charge < -0.3 is 13.9 Å². The number of aryl methyl sites for hydroxylation is 2. The average Bonchev–Trinajstić information content (AvgIpc) is 2.76. The predicted octanol–water partition coefficient (Wildman–Crippen LogP) is 4.90. The second-order valence-corrected chi connectivity index (χ2v) is 8.57. The number of allylic oxidation sites excluding steroid dienone is 1. The average molecular weight is 425 g/mol. The van der Waals surface area contributed by atoms with Gasteiger partial charge in [-0.15, -0.1) is 5.10 Å². The minimum atomic E-state index is -0.396.